The molecule has 10 nitrogen and oxygen atoms in total. The summed E-state index contributed by atoms with van der Waals surface area (Å²) in [7, 11) is 0. The number of nitriles is 1. The molecule has 1 fully saturated rings. The SMILES string of the molecule is N#CCNC(=O)c1ccc(-c2ccnc(Nc3ccc(N4CCC(C(=O)NCC(=O)SCF)CC4)cc3)n2)cc1. The minimum absolute atomic E-state index is 0.0481. The highest BCUT2D eigenvalue weighted by atomic mass is 32.2. The lowest BCUT2D eigenvalue weighted by Gasteiger charge is -2.33. The molecule has 0 unspecified atom stereocenters. The van der Waals surface area contributed by atoms with Crippen molar-refractivity contribution >= 4 is 46.0 Å². The zero-order valence-electron chi connectivity index (χ0n) is 21.6. The largest absolute Gasteiger partial charge is 0.371 e. The number of anilines is 3. The van der Waals surface area contributed by atoms with Crippen LogP contribution in [0.3, 0.4) is 0 Å². The van der Waals surface area contributed by atoms with Crippen LogP contribution in [0.1, 0.15) is 23.2 Å². The van der Waals surface area contributed by atoms with Crippen molar-refractivity contribution in [1.29, 1.82) is 5.26 Å². The van der Waals surface area contributed by atoms with Gasteiger partial charge in [0.25, 0.3) is 5.91 Å². The number of piperidine rings is 1. The molecule has 2 amide bonds. The van der Waals surface area contributed by atoms with E-state index >= 15 is 0 Å². The van der Waals surface area contributed by atoms with Crippen molar-refractivity contribution in [1.82, 2.24) is 20.6 Å². The Morgan fingerprint density at radius 2 is 1.75 bits per heavy atom. The van der Waals surface area contributed by atoms with Crippen molar-refractivity contribution < 1.29 is 18.8 Å². The Balaban J connectivity index is 1.30. The van der Waals surface area contributed by atoms with Crippen LogP contribution in [0.2, 0.25) is 0 Å². The van der Waals surface area contributed by atoms with Gasteiger partial charge in [0.15, 0.2) is 0 Å². The molecule has 1 saturated heterocycles. The first-order chi connectivity index (χ1) is 19.5. The van der Waals surface area contributed by atoms with Crippen LogP contribution in [0, 0.1) is 17.2 Å². The van der Waals surface area contributed by atoms with Crippen LogP contribution < -0.4 is 20.9 Å². The number of benzene rings is 2. The number of alkyl halides is 1. The third kappa shape index (κ3) is 7.77. The second-order valence-corrected chi connectivity index (χ2v) is 9.92. The van der Waals surface area contributed by atoms with E-state index in [1.54, 1.807) is 36.5 Å². The summed E-state index contributed by atoms with van der Waals surface area (Å²) in [4.78, 5) is 46.8. The monoisotopic (exact) mass is 561 g/mol. The molecule has 2 heterocycles. The molecular weight excluding hydrogens is 533 g/mol. The minimum Gasteiger partial charge on any atom is -0.371 e. The van der Waals surface area contributed by atoms with Gasteiger partial charge in [0.2, 0.25) is 17.0 Å². The van der Waals surface area contributed by atoms with Crippen molar-refractivity contribution in [2.45, 2.75) is 12.8 Å². The van der Waals surface area contributed by atoms with Crippen LogP contribution in [0.4, 0.5) is 21.7 Å². The minimum atomic E-state index is -0.788. The third-order valence-electron chi connectivity index (χ3n) is 6.40. The maximum Gasteiger partial charge on any atom is 0.252 e. The number of nitrogens with one attached hydrogen (secondary N) is 3. The Morgan fingerprint density at radius 3 is 2.42 bits per heavy atom. The van der Waals surface area contributed by atoms with E-state index in [1.807, 2.05) is 30.3 Å². The summed E-state index contributed by atoms with van der Waals surface area (Å²) in [5.74, 6) is -0.209. The summed E-state index contributed by atoms with van der Waals surface area (Å²) in [6.07, 6.45) is 2.99. The molecule has 2 aromatic carbocycles. The van der Waals surface area contributed by atoms with Crippen LogP contribution in [0.15, 0.2) is 60.8 Å². The molecule has 0 atom stereocenters. The Kier molecular flexibility index (Phi) is 10.0. The van der Waals surface area contributed by atoms with Gasteiger partial charge in [-0.3, -0.25) is 14.4 Å². The second kappa shape index (κ2) is 14.0. The number of nitrogens with zero attached hydrogens (tertiary/aromatic N) is 4. The number of carbonyl (C=O) groups is 3. The van der Waals surface area contributed by atoms with Gasteiger partial charge in [0.1, 0.15) is 12.6 Å². The first kappa shape index (κ1) is 28.5. The van der Waals surface area contributed by atoms with Gasteiger partial charge in [-0.25, -0.2) is 14.4 Å². The maximum atomic E-state index is 12.3. The van der Waals surface area contributed by atoms with E-state index in [0.29, 0.717) is 54.9 Å². The van der Waals surface area contributed by atoms with Gasteiger partial charge in [-0.05, 0) is 55.3 Å². The van der Waals surface area contributed by atoms with Crippen molar-refractivity contribution in [3.63, 3.8) is 0 Å². The summed E-state index contributed by atoms with van der Waals surface area (Å²) in [5.41, 5.74) is 3.82. The normalized spacial score (nSPS) is 13.2. The molecule has 1 aliphatic rings. The lowest BCUT2D eigenvalue weighted by atomic mass is 9.95. The smallest absolute Gasteiger partial charge is 0.252 e. The fourth-order valence-electron chi connectivity index (χ4n) is 4.29. The van der Waals surface area contributed by atoms with Crippen LogP contribution in [0.25, 0.3) is 11.3 Å². The van der Waals surface area contributed by atoms with Gasteiger partial charge in [0.05, 0.1) is 18.3 Å². The molecule has 0 saturated carbocycles. The summed E-state index contributed by atoms with van der Waals surface area (Å²) >= 11 is 0.561. The molecular formula is C28H28FN7O3S. The molecule has 40 heavy (non-hydrogen) atoms. The van der Waals surface area contributed by atoms with Crippen molar-refractivity contribution in [2.75, 3.05) is 42.4 Å². The van der Waals surface area contributed by atoms with Gasteiger partial charge in [-0.1, -0.05) is 23.9 Å². The van der Waals surface area contributed by atoms with Gasteiger partial charge in [-0.2, -0.15) is 5.26 Å². The Morgan fingerprint density at radius 1 is 1.02 bits per heavy atom. The summed E-state index contributed by atoms with van der Waals surface area (Å²) in [5, 5.41) is 16.6. The van der Waals surface area contributed by atoms with Crippen LogP contribution in [-0.2, 0) is 9.59 Å². The molecule has 12 heteroatoms. The second-order valence-electron chi connectivity index (χ2n) is 8.96. The summed E-state index contributed by atoms with van der Waals surface area (Å²) in [6, 6.07) is 17.7. The number of halogens is 1. The number of aromatic nitrogens is 2. The van der Waals surface area contributed by atoms with Crippen LogP contribution in [-0.4, -0.2) is 59.1 Å². The van der Waals surface area contributed by atoms with Crippen molar-refractivity contribution in [3.05, 3.63) is 66.4 Å². The van der Waals surface area contributed by atoms with Gasteiger partial charge < -0.3 is 20.9 Å². The average Bonchev–Trinajstić information content (AvgIpc) is 2.99. The number of rotatable bonds is 10. The summed E-state index contributed by atoms with van der Waals surface area (Å²) in [6.45, 7) is 1.22. The van der Waals surface area contributed by atoms with E-state index < -0.39 is 6.01 Å². The Bertz CT molecular complexity index is 1370. The predicted octanol–water partition coefficient (Wildman–Crippen LogP) is 3.66. The lowest BCUT2D eigenvalue weighted by Crippen LogP contribution is -2.41. The molecule has 1 aliphatic heterocycles. The van der Waals surface area contributed by atoms with Crippen molar-refractivity contribution in [3.8, 4) is 17.3 Å². The molecule has 4 rings (SSSR count). The molecule has 3 N–H and O–H groups in total. The van der Waals surface area contributed by atoms with Gasteiger partial charge in [-0.15, -0.1) is 0 Å². The fraction of sp³-hybridized carbons (Fsp3) is 0.286. The first-order valence-electron chi connectivity index (χ1n) is 12.7. The van der Waals surface area contributed by atoms with E-state index in [4.69, 9.17) is 5.26 Å². The fourth-order valence-corrected chi connectivity index (χ4v) is 4.59. The van der Waals surface area contributed by atoms with Crippen LogP contribution in [0.5, 0.6) is 0 Å². The number of thioether (sulfide) groups is 1. The van der Waals surface area contributed by atoms with E-state index in [-0.39, 0.29) is 35.9 Å². The zero-order valence-corrected chi connectivity index (χ0v) is 22.4. The van der Waals surface area contributed by atoms with Gasteiger partial charge in [0, 0.05) is 47.7 Å². The maximum absolute atomic E-state index is 12.3. The average molecular weight is 562 g/mol. The zero-order chi connectivity index (χ0) is 28.3. The molecule has 3 aromatic rings. The van der Waals surface area contributed by atoms with Gasteiger partial charge >= 0.3 is 0 Å². The predicted molar refractivity (Wildman–Crippen MR) is 152 cm³/mol. The van der Waals surface area contributed by atoms with E-state index in [2.05, 4.69) is 30.8 Å². The highest BCUT2D eigenvalue weighted by molar-refractivity contribution is 8.13. The third-order valence-corrected chi connectivity index (χ3v) is 6.98. The highest BCUT2D eigenvalue weighted by Gasteiger charge is 2.25. The Hall–Kier alpha value is -4.50. The van der Waals surface area contributed by atoms with E-state index in [9.17, 15) is 18.8 Å². The van der Waals surface area contributed by atoms with Crippen LogP contribution >= 0.6 is 11.8 Å². The van der Waals surface area contributed by atoms with E-state index in [0.717, 1.165) is 16.9 Å². The quantitative estimate of drug-likeness (QED) is 0.316. The molecule has 0 spiro atoms. The molecule has 206 valence electrons. The number of carbonyl (C=O) groups excluding carboxylic acids is 3. The summed E-state index contributed by atoms with van der Waals surface area (Å²) < 4.78 is 12.2. The topological polar surface area (TPSA) is 140 Å². The number of hydrogen-bond acceptors (Lipinski definition) is 9. The first-order valence-corrected chi connectivity index (χ1v) is 13.7. The van der Waals surface area contributed by atoms with Crippen molar-refractivity contribution in [2.24, 2.45) is 5.92 Å². The molecule has 1 aromatic heterocycles. The molecule has 0 radical (unpaired) electrons. The number of hydrogen-bond donors (Lipinski definition) is 3. The lowest BCUT2D eigenvalue weighted by molar-refractivity contribution is -0.127. The number of amides is 2. The standard InChI is InChI=1S/C28H28FN7O3S/c29-18-40-25(37)17-33-27(39)21-10-15-36(16-11-21)23-7-5-22(6-8-23)34-28-32-13-9-24(35-28)19-1-3-20(4-2-19)26(38)31-14-12-30/h1-9,13,21H,10-11,14-18H2,(H,31,38)(H,33,39)(H,32,34,35). The highest BCUT2D eigenvalue weighted by Crippen LogP contribution is 2.26. The molecule has 0 bridgehead atoms. The molecule has 0 aliphatic carbocycles. The van der Waals surface area contributed by atoms with E-state index in [1.165, 1.54) is 0 Å². The Labute approximate surface area is 235 Å².